The normalized spacial score (nSPS) is 57.8. The predicted octanol–water partition coefficient (Wildman–Crippen LogP) is 3.39. The van der Waals surface area contributed by atoms with Gasteiger partial charge in [-0.25, -0.2) is 4.39 Å². The van der Waals surface area contributed by atoms with Gasteiger partial charge in [0.05, 0.1) is 0 Å². The molecule has 3 atom stereocenters. The van der Waals surface area contributed by atoms with E-state index in [9.17, 15) is 4.39 Å². The third kappa shape index (κ3) is 1.18. The van der Waals surface area contributed by atoms with Crippen LogP contribution in [-0.4, -0.2) is 29.7 Å². The fourth-order valence-corrected chi connectivity index (χ4v) is 4.31. The van der Waals surface area contributed by atoms with Crippen LogP contribution in [0.5, 0.6) is 0 Å². The molecule has 96 valence electrons. The maximum atomic E-state index is 14.0. The third-order valence-corrected chi connectivity index (χ3v) is 5.50. The smallest absolute Gasteiger partial charge is 0.108 e. The summed E-state index contributed by atoms with van der Waals surface area (Å²) in [4.78, 5) is 1.76. The Hall–Kier alpha value is -0.110. The van der Waals surface area contributed by atoms with E-state index in [0.29, 0.717) is 25.8 Å². The van der Waals surface area contributed by atoms with Crippen LogP contribution in [0.3, 0.4) is 0 Å². The molecule has 0 N–H and O–H groups in total. The second-order valence-electron chi connectivity index (χ2n) is 7.07. The molecule has 2 saturated heterocycles. The first-order valence-electron chi connectivity index (χ1n) is 8.95. The first-order chi connectivity index (χ1) is 9.53. The monoisotopic (exact) mass is 241 g/mol. The summed E-state index contributed by atoms with van der Waals surface area (Å²) in [5.41, 5.74) is -1.54. The molecule has 2 spiro atoms. The van der Waals surface area contributed by atoms with E-state index in [1.54, 1.807) is 4.90 Å². The topological polar surface area (TPSA) is 3.24 Å². The quantitative estimate of drug-likeness (QED) is 0.716. The molecule has 0 amide bonds. The molecule has 4 rings (SSSR count). The fraction of sp³-hybridized carbons (Fsp3) is 1.00. The van der Waals surface area contributed by atoms with Crippen LogP contribution in [0.25, 0.3) is 0 Å². The second-order valence-corrected chi connectivity index (χ2v) is 7.07. The van der Waals surface area contributed by atoms with Gasteiger partial charge in [-0.05, 0) is 56.3 Å². The molecule has 0 bridgehead atoms. The number of rotatable bonds is 2. The molecule has 2 saturated carbocycles. The van der Waals surface area contributed by atoms with Crippen molar-refractivity contribution in [3.63, 3.8) is 0 Å². The van der Waals surface area contributed by atoms with Gasteiger partial charge in [0.2, 0.25) is 0 Å². The van der Waals surface area contributed by atoms with Crippen LogP contribution < -0.4 is 0 Å². The zero-order valence-corrected chi connectivity index (χ0v) is 10.7. The highest BCUT2D eigenvalue weighted by atomic mass is 19.1. The van der Waals surface area contributed by atoms with Gasteiger partial charge in [-0.3, -0.25) is 4.90 Å². The molecule has 0 radical (unpaired) electrons. The van der Waals surface area contributed by atoms with Gasteiger partial charge in [0.15, 0.2) is 0 Å². The number of hydrogen-bond acceptors (Lipinski definition) is 1. The molecule has 4 aliphatic rings. The third-order valence-electron chi connectivity index (χ3n) is 5.50. The Morgan fingerprint density at radius 3 is 2.71 bits per heavy atom. The summed E-state index contributed by atoms with van der Waals surface area (Å²) >= 11 is 0. The Morgan fingerprint density at radius 1 is 1.47 bits per heavy atom. The molecule has 0 aromatic carbocycles. The number of nitrogens with zero attached hydrogens (tertiary/aromatic N) is 1. The van der Waals surface area contributed by atoms with E-state index in [2.05, 4.69) is 0 Å². The highest BCUT2D eigenvalue weighted by molar-refractivity contribution is 5.27. The van der Waals surface area contributed by atoms with Crippen molar-refractivity contribution in [1.82, 2.24) is 4.90 Å². The number of hydrogen-bond donors (Lipinski definition) is 0. The van der Waals surface area contributed by atoms with Crippen LogP contribution in [0.2, 0.25) is 0 Å². The maximum absolute atomic E-state index is 14.0. The molecule has 2 heteroatoms. The SMILES string of the molecule is [2H]C1([2H])CC2(CC2)[C@@]2(C([2H])([2H])C(C)C)C[C@]3(C[C@@H]3F)CN12. The molecule has 0 aromatic heterocycles. The van der Waals surface area contributed by atoms with Crippen molar-refractivity contribution in [3.05, 3.63) is 0 Å². The van der Waals surface area contributed by atoms with E-state index >= 15 is 0 Å². The van der Waals surface area contributed by atoms with Gasteiger partial charge in [-0.1, -0.05) is 13.8 Å². The largest absolute Gasteiger partial charge is 0.296 e. The number of fused-ring (bicyclic) bond motifs is 2. The fourth-order valence-electron chi connectivity index (χ4n) is 4.31. The van der Waals surface area contributed by atoms with Crippen LogP contribution in [-0.2, 0) is 0 Å². The summed E-state index contributed by atoms with van der Waals surface area (Å²) in [5, 5.41) is 0. The molecule has 0 unspecified atom stereocenters. The van der Waals surface area contributed by atoms with E-state index < -0.39 is 30.0 Å². The second kappa shape index (κ2) is 2.89. The van der Waals surface area contributed by atoms with Crippen molar-refractivity contribution in [2.45, 2.75) is 64.0 Å². The van der Waals surface area contributed by atoms with E-state index in [1.807, 2.05) is 13.8 Å². The summed E-state index contributed by atoms with van der Waals surface area (Å²) in [6.07, 6.45) is 0.843. The zero-order chi connectivity index (χ0) is 15.5. The molecular formula is C15H24FN. The summed E-state index contributed by atoms with van der Waals surface area (Å²) < 4.78 is 48.4. The van der Waals surface area contributed by atoms with Crippen LogP contribution in [0, 0.1) is 16.7 Å². The predicted molar refractivity (Wildman–Crippen MR) is 66.6 cm³/mol. The molecule has 17 heavy (non-hydrogen) atoms. The summed E-state index contributed by atoms with van der Waals surface area (Å²) in [5.74, 6) is -0.196. The Labute approximate surface area is 109 Å². The number of halogens is 1. The minimum Gasteiger partial charge on any atom is -0.296 e. The Bertz CT molecular complexity index is 504. The Kier molecular flexibility index (Phi) is 1.27. The van der Waals surface area contributed by atoms with Gasteiger partial charge in [-0.2, -0.15) is 0 Å². The van der Waals surface area contributed by atoms with E-state index in [-0.39, 0.29) is 11.3 Å². The van der Waals surface area contributed by atoms with E-state index in [4.69, 9.17) is 5.48 Å². The lowest BCUT2D eigenvalue weighted by atomic mass is 9.72. The molecule has 1 nitrogen and oxygen atoms in total. The van der Waals surface area contributed by atoms with Gasteiger partial charge < -0.3 is 0 Å². The van der Waals surface area contributed by atoms with Gasteiger partial charge >= 0.3 is 0 Å². The van der Waals surface area contributed by atoms with Crippen molar-refractivity contribution in [3.8, 4) is 0 Å². The zero-order valence-electron chi connectivity index (χ0n) is 14.7. The molecule has 4 fully saturated rings. The van der Waals surface area contributed by atoms with Crippen molar-refractivity contribution in [2.24, 2.45) is 16.7 Å². The van der Waals surface area contributed by atoms with E-state index in [1.165, 1.54) is 0 Å². The van der Waals surface area contributed by atoms with Gasteiger partial charge in [0.25, 0.3) is 0 Å². The standard InChI is InChI=1S/C15H24FN/c1-11(2)7-15-9-13(8-12(13)16)10-17(15)6-5-14(15)3-4-14/h11-12H,3-10H2,1-2H3/t12-,13+,15+/m0/s1/i6D2,7D2. The highest BCUT2D eigenvalue weighted by Gasteiger charge is 2.74. The minimum absolute atomic E-state index is 0.196. The van der Waals surface area contributed by atoms with Crippen molar-refractivity contribution in [2.75, 3.05) is 13.0 Å². The molecular weight excluding hydrogens is 213 g/mol. The average molecular weight is 241 g/mol. The van der Waals surface area contributed by atoms with Crippen LogP contribution in [0.15, 0.2) is 0 Å². The van der Waals surface area contributed by atoms with Crippen molar-refractivity contribution < 1.29 is 9.87 Å². The van der Waals surface area contributed by atoms with Crippen LogP contribution in [0.4, 0.5) is 4.39 Å². The summed E-state index contributed by atoms with van der Waals surface area (Å²) in [6.45, 7) is 2.66. The first-order valence-corrected chi connectivity index (χ1v) is 6.95. The molecule has 2 heterocycles. The van der Waals surface area contributed by atoms with Gasteiger partial charge in [0.1, 0.15) is 6.17 Å². The molecule has 0 aromatic rings. The van der Waals surface area contributed by atoms with E-state index in [0.717, 1.165) is 12.8 Å². The maximum Gasteiger partial charge on any atom is 0.108 e. The number of alkyl halides is 1. The van der Waals surface area contributed by atoms with Gasteiger partial charge in [0, 0.05) is 23.0 Å². The van der Waals surface area contributed by atoms with Crippen molar-refractivity contribution in [1.29, 1.82) is 0 Å². The Balaban J connectivity index is 1.87. The Morgan fingerprint density at radius 2 is 2.18 bits per heavy atom. The lowest BCUT2D eigenvalue weighted by Gasteiger charge is -2.39. The summed E-state index contributed by atoms with van der Waals surface area (Å²) in [6, 6.07) is 0. The first kappa shape index (κ1) is 7.47. The molecule has 2 aliphatic heterocycles. The molecule has 2 aliphatic carbocycles. The van der Waals surface area contributed by atoms with Crippen molar-refractivity contribution >= 4 is 0 Å². The average Bonchev–Trinajstić information content (AvgIpc) is 3.16. The van der Waals surface area contributed by atoms with Crippen LogP contribution >= 0.6 is 0 Å². The lowest BCUT2D eigenvalue weighted by molar-refractivity contribution is 0.107. The van der Waals surface area contributed by atoms with Gasteiger partial charge in [-0.15, -0.1) is 0 Å². The minimum atomic E-state index is -1.50. The summed E-state index contributed by atoms with van der Waals surface area (Å²) in [7, 11) is 0. The highest BCUT2D eigenvalue weighted by Crippen LogP contribution is 2.73. The van der Waals surface area contributed by atoms with Crippen LogP contribution in [0.1, 0.15) is 57.8 Å². The lowest BCUT2D eigenvalue weighted by Crippen LogP contribution is -2.45.